The second-order valence-electron chi connectivity index (χ2n) is 7.42. The first kappa shape index (κ1) is 12.2. The zero-order valence-corrected chi connectivity index (χ0v) is 11.9. The van der Waals surface area contributed by atoms with Gasteiger partial charge in [-0.1, -0.05) is 0 Å². The van der Waals surface area contributed by atoms with Crippen molar-refractivity contribution in [2.75, 3.05) is 0 Å². The van der Waals surface area contributed by atoms with Crippen LogP contribution in [0.15, 0.2) is 28.7 Å². The molecule has 6 rings (SSSR count). The van der Waals surface area contributed by atoms with Gasteiger partial charge in [-0.3, -0.25) is 0 Å². The molecule has 1 aromatic carbocycles. The van der Waals surface area contributed by atoms with Crippen molar-refractivity contribution in [3.8, 4) is 0 Å². The highest BCUT2D eigenvalue weighted by atomic mass is 19.1. The van der Waals surface area contributed by atoms with Crippen molar-refractivity contribution in [2.24, 2.45) is 23.7 Å². The van der Waals surface area contributed by atoms with Crippen molar-refractivity contribution in [1.82, 2.24) is 0 Å². The number of hydrogen-bond acceptors (Lipinski definition) is 2. The van der Waals surface area contributed by atoms with E-state index in [1.807, 2.05) is 6.07 Å². The highest BCUT2D eigenvalue weighted by molar-refractivity contribution is 5.78. The molecule has 0 unspecified atom stereocenters. The van der Waals surface area contributed by atoms with Crippen LogP contribution in [0, 0.1) is 29.5 Å². The third-order valence-electron chi connectivity index (χ3n) is 6.26. The Balaban J connectivity index is 1.64. The molecular weight excluding hydrogens is 267 g/mol. The first-order chi connectivity index (χ1) is 10.1. The van der Waals surface area contributed by atoms with E-state index in [4.69, 9.17) is 4.42 Å². The van der Waals surface area contributed by atoms with E-state index < -0.39 is 5.60 Å². The van der Waals surface area contributed by atoms with E-state index in [1.54, 1.807) is 6.07 Å². The minimum Gasteiger partial charge on any atom is -0.458 e. The van der Waals surface area contributed by atoms with E-state index in [-0.39, 0.29) is 5.82 Å². The number of halogens is 1. The standard InChI is InChI=1S/C18H19FO2/c19-15-1-2-16-12(8-15)9-17(21-16)18(20)13-4-10-3-11(6-13)7-14(18)5-10/h1-2,8-11,13-14,20H,3-7H2. The molecule has 4 saturated carbocycles. The van der Waals surface area contributed by atoms with Crippen LogP contribution in [0.1, 0.15) is 37.9 Å². The summed E-state index contributed by atoms with van der Waals surface area (Å²) in [6.07, 6.45) is 5.84. The molecule has 4 fully saturated rings. The fraction of sp³-hybridized carbons (Fsp3) is 0.556. The van der Waals surface area contributed by atoms with Gasteiger partial charge in [-0.05, 0) is 80.0 Å². The summed E-state index contributed by atoms with van der Waals surface area (Å²) in [5.41, 5.74) is -0.156. The molecule has 21 heavy (non-hydrogen) atoms. The molecular formula is C18H19FO2. The average Bonchev–Trinajstić information content (AvgIpc) is 2.87. The van der Waals surface area contributed by atoms with Crippen LogP contribution in [0.3, 0.4) is 0 Å². The van der Waals surface area contributed by atoms with Gasteiger partial charge in [-0.15, -0.1) is 0 Å². The van der Waals surface area contributed by atoms with E-state index in [2.05, 4.69) is 0 Å². The Labute approximate surface area is 122 Å². The summed E-state index contributed by atoms with van der Waals surface area (Å²) in [4.78, 5) is 0. The van der Waals surface area contributed by atoms with Crippen molar-refractivity contribution in [3.63, 3.8) is 0 Å². The summed E-state index contributed by atoms with van der Waals surface area (Å²) < 4.78 is 19.3. The minimum absolute atomic E-state index is 0.257. The number of aliphatic hydroxyl groups is 1. The zero-order chi connectivity index (χ0) is 14.2. The predicted molar refractivity (Wildman–Crippen MR) is 77.1 cm³/mol. The van der Waals surface area contributed by atoms with Crippen LogP contribution in [0.2, 0.25) is 0 Å². The summed E-state index contributed by atoms with van der Waals surface area (Å²) in [7, 11) is 0. The number of furan rings is 1. The van der Waals surface area contributed by atoms with Crippen LogP contribution in [0.25, 0.3) is 11.0 Å². The maximum atomic E-state index is 13.4. The van der Waals surface area contributed by atoms with Gasteiger partial charge in [0, 0.05) is 5.39 Å². The molecule has 110 valence electrons. The lowest BCUT2D eigenvalue weighted by Crippen LogP contribution is -2.55. The number of hydrogen-bond donors (Lipinski definition) is 1. The molecule has 0 atom stereocenters. The molecule has 4 aliphatic carbocycles. The first-order valence-corrected chi connectivity index (χ1v) is 8.05. The van der Waals surface area contributed by atoms with Crippen molar-refractivity contribution in [3.05, 3.63) is 35.8 Å². The molecule has 2 nitrogen and oxygen atoms in total. The van der Waals surface area contributed by atoms with Crippen LogP contribution in [0.4, 0.5) is 4.39 Å². The van der Waals surface area contributed by atoms with Crippen LogP contribution in [0.5, 0.6) is 0 Å². The molecule has 1 N–H and O–H groups in total. The number of benzene rings is 1. The molecule has 1 aromatic heterocycles. The number of fused-ring (bicyclic) bond motifs is 1. The van der Waals surface area contributed by atoms with Gasteiger partial charge < -0.3 is 9.52 Å². The molecule has 4 bridgehead atoms. The summed E-state index contributed by atoms with van der Waals surface area (Å²) >= 11 is 0. The second-order valence-corrected chi connectivity index (χ2v) is 7.42. The first-order valence-electron chi connectivity index (χ1n) is 8.05. The smallest absolute Gasteiger partial charge is 0.137 e. The summed E-state index contributed by atoms with van der Waals surface area (Å²) in [5, 5.41) is 12.2. The predicted octanol–water partition coefficient (Wildman–Crippen LogP) is 4.22. The SMILES string of the molecule is OC1(c2cc3cc(F)ccc3o2)C2CC3CC(C2)CC1C3. The van der Waals surface area contributed by atoms with Gasteiger partial charge in [0.15, 0.2) is 0 Å². The van der Waals surface area contributed by atoms with Crippen LogP contribution in [-0.4, -0.2) is 5.11 Å². The van der Waals surface area contributed by atoms with Gasteiger partial charge in [0.05, 0.1) is 0 Å². The van der Waals surface area contributed by atoms with Gasteiger partial charge in [-0.2, -0.15) is 0 Å². The Bertz CT molecular complexity index is 689. The van der Waals surface area contributed by atoms with Crippen molar-refractivity contribution >= 4 is 11.0 Å². The Morgan fingerprint density at radius 3 is 2.33 bits per heavy atom. The van der Waals surface area contributed by atoms with Gasteiger partial charge in [0.1, 0.15) is 22.8 Å². The van der Waals surface area contributed by atoms with Crippen molar-refractivity contribution in [1.29, 1.82) is 0 Å². The summed E-state index contributed by atoms with van der Waals surface area (Å²) in [6.45, 7) is 0. The number of rotatable bonds is 1. The minimum atomic E-state index is -0.830. The average molecular weight is 286 g/mol. The molecule has 0 saturated heterocycles. The Morgan fingerprint density at radius 1 is 1.00 bits per heavy atom. The summed E-state index contributed by atoms with van der Waals surface area (Å²) in [5.74, 6) is 2.64. The second kappa shape index (κ2) is 3.89. The van der Waals surface area contributed by atoms with Crippen molar-refractivity contribution in [2.45, 2.75) is 37.7 Å². The Kier molecular flexibility index (Phi) is 2.26. The largest absolute Gasteiger partial charge is 0.458 e. The lowest BCUT2D eigenvalue weighted by molar-refractivity contribution is -0.188. The van der Waals surface area contributed by atoms with E-state index in [0.29, 0.717) is 23.2 Å². The van der Waals surface area contributed by atoms with Gasteiger partial charge in [0.25, 0.3) is 0 Å². The lowest BCUT2D eigenvalue weighted by Gasteiger charge is -2.58. The van der Waals surface area contributed by atoms with Gasteiger partial charge >= 0.3 is 0 Å². The third-order valence-corrected chi connectivity index (χ3v) is 6.26. The molecule has 1 heterocycles. The van der Waals surface area contributed by atoms with E-state index in [9.17, 15) is 9.50 Å². The lowest BCUT2D eigenvalue weighted by atomic mass is 9.49. The monoisotopic (exact) mass is 286 g/mol. The van der Waals surface area contributed by atoms with Crippen LogP contribution in [-0.2, 0) is 5.60 Å². The highest BCUT2D eigenvalue weighted by Crippen LogP contribution is 2.62. The normalized spacial score (nSPS) is 41.0. The van der Waals surface area contributed by atoms with Crippen LogP contribution < -0.4 is 0 Å². The fourth-order valence-corrected chi connectivity index (χ4v) is 5.52. The third kappa shape index (κ3) is 1.56. The quantitative estimate of drug-likeness (QED) is 0.851. The fourth-order valence-electron chi connectivity index (χ4n) is 5.52. The van der Waals surface area contributed by atoms with E-state index in [1.165, 1.54) is 18.6 Å². The Morgan fingerprint density at radius 2 is 1.67 bits per heavy atom. The molecule has 0 radical (unpaired) electrons. The van der Waals surface area contributed by atoms with E-state index in [0.717, 1.165) is 42.9 Å². The maximum Gasteiger partial charge on any atom is 0.137 e. The maximum absolute atomic E-state index is 13.4. The molecule has 0 spiro atoms. The molecule has 0 amide bonds. The van der Waals surface area contributed by atoms with Gasteiger partial charge in [0.2, 0.25) is 0 Å². The van der Waals surface area contributed by atoms with Crippen LogP contribution >= 0.6 is 0 Å². The molecule has 4 aliphatic rings. The molecule has 2 aromatic rings. The zero-order valence-electron chi connectivity index (χ0n) is 11.9. The molecule has 0 aliphatic heterocycles. The van der Waals surface area contributed by atoms with Gasteiger partial charge in [-0.25, -0.2) is 4.39 Å². The topological polar surface area (TPSA) is 33.4 Å². The van der Waals surface area contributed by atoms with Crippen molar-refractivity contribution < 1.29 is 13.9 Å². The molecule has 3 heteroatoms. The highest BCUT2D eigenvalue weighted by Gasteiger charge is 2.58. The Hall–Kier alpha value is -1.35. The van der Waals surface area contributed by atoms with E-state index >= 15 is 0 Å². The summed E-state index contributed by atoms with van der Waals surface area (Å²) in [6, 6.07) is 6.42.